The lowest BCUT2D eigenvalue weighted by Gasteiger charge is -2.28. The molecule has 0 saturated heterocycles. The standard InChI is InChI=1S/C15H30N2O2.C11H22N2O2.C11H13N.2C8H11N.C7H14N2O2/c1-6-11-12-13(14(18)16(7-2)8-3)15(19)17(9-4)10-5;1-3-5-7-12-10(14)9-11(15)13-8-6-4-2;1-3-6-10-8-5-9-11(12-10)7-4-2;1-2-5-8-6-3-4-7-9-8;1-2-3-8-4-6-9-7-5-8;1-2-3-4-9-7(11)5-6(8)10/h13H,6-12H2,1-5H3;3-9H2,1-2H3,(H,12,14)(H,13,15);3-9H,1-2H3;3-4,6-7H,2,5H2,1H3;4-7H,2-3H2,1H3;2-5H2,1H3,(H2,8,10)(H,9,11)/b;;6-3+,7-4+;;;. The number of aryl methyl sites for hydroxylation is 2. The molecule has 0 aromatic carbocycles. The van der Waals surface area contributed by atoms with Gasteiger partial charge in [0.25, 0.3) is 0 Å². The van der Waals surface area contributed by atoms with E-state index in [0.29, 0.717) is 52.2 Å². The van der Waals surface area contributed by atoms with Crippen molar-refractivity contribution >= 4 is 47.6 Å². The minimum atomic E-state index is -0.584. The van der Waals surface area contributed by atoms with Crippen molar-refractivity contribution in [2.45, 2.75) is 179 Å². The normalized spacial score (nSPS) is 10.1. The van der Waals surface area contributed by atoms with Gasteiger partial charge in [0.15, 0.2) is 0 Å². The van der Waals surface area contributed by atoms with Crippen LogP contribution in [0.15, 0.2) is 79.3 Å². The average Bonchev–Trinajstić information content (AvgIpc) is 3.39. The highest BCUT2D eigenvalue weighted by Crippen LogP contribution is 2.16. The third-order valence-electron chi connectivity index (χ3n) is 10.8. The van der Waals surface area contributed by atoms with Crippen LogP contribution in [0, 0.1) is 5.92 Å². The van der Waals surface area contributed by atoms with Crippen LogP contribution in [0.4, 0.5) is 0 Å². The van der Waals surface area contributed by atoms with Gasteiger partial charge in [0, 0.05) is 70.1 Å². The van der Waals surface area contributed by atoms with Crippen molar-refractivity contribution in [1.29, 1.82) is 0 Å². The van der Waals surface area contributed by atoms with Gasteiger partial charge >= 0.3 is 0 Å². The molecular weight excluding hydrogens is 943 g/mol. The van der Waals surface area contributed by atoms with E-state index in [4.69, 9.17) is 5.73 Å². The second-order valence-electron chi connectivity index (χ2n) is 17.3. The van der Waals surface area contributed by atoms with E-state index >= 15 is 0 Å². The summed E-state index contributed by atoms with van der Waals surface area (Å²) in [5.74, 6) is -1.73. The lowest BCUT2D eigenvalue weighted by Crippen LogP contribution is -2.45. The van der Waals surface area contributed by atoms with E-state index in [1.54, 1.807) is 9.80 Å². The van der Waals surface area contributed by atoms with Crippen molar-refractivity contribution in [3.05, 3.63) is 102 Å². The van der Waals surface area contributed by atoms with Crippen LogP contribution in [-0.4, -0.2) is 106 Å². The zero-order chi connectivity index (χ0) is 56.9. The van der Waals surface area contributed by atoms with E-state index in [1.165, 1.54) is 30.5 Å². The summed E-state index contributed by atoms with van der Waals surface area (Å²) in [6, 6.07) is 16.1. The molecular formula is C60H101N9O6. The summed E-state index contributed by atoms with van der Waals surface area (Å²) in [5, 5.41) is 7.99. The topological polar surface area (TPSA) is 210 Å². The number of rotatable bonds is 28. The molecule has 0 spiro atoms. The predicted molar refractivity (Wildman–Crippen MR) is 311 cm³/mol. The number of nitrogens with zero attached hydrogens (tertiary/aromatic N) is 5. The minimum absolute atomic E-state index is 0.00431. The largest absolute Gasteiger partial charge is 0.369 e. The highest BCUT2D eigenvalue weighted by Gasteiger charge is 2.31. The molecule has 5 N–H and O–H groups in total. The number of nitrogens with two attached hydrogens (primary N) is 1. The van der Waals surface area contributed by atoms with Crippen molar-refractivity contribution in [1.82, 2.24) is 40.7 Å². The van der Waals surface area contributed by atoms with Crippen LogP contribution in [-0.2, 0) is 41.6 Å². The number of nitrogens with one attached hydrogen (secondary N) is 3. The van der Waals surface area contributed by atoms with Crippen LogP contribution < -0.4 is 21.7 Å². The van der Waals surface area contributed by atoms with Crippen molar-refractivity contribution in [2.24, 2.45) is 11.7 Å². The van der Waals surface area contributed by atoms with E-state index in [1.807, 2.05) is 122 Å². The summed E-state index contributed by atoms with van der Waals surface area (Å²) in [7, 11) is 0. The van der Waals surface area contributed by atoms with Gasteiger partial charge in [0.2, 0.25) is 35.4 Å². The highest BCUT2D eigenvalue weighted by atomic mass is 16.2. The fourth-order valence-corrected chi connectivity index (χ4v) is 6.61. The molecule has 0 aliphatic heterocycles. The molecule has 3 aromatic heterocycles. The number of aromatic nitrogens is 3. The summed E-state index contributed by atoms with van der Waals surface area (Å²) >= 11 is 0. The maximum absolute atomic E-state index is 12.5. The molecule has 0 radical (unpaired) electrons. The van der Waals surface area contributed by atoms with Crippen LogP contribution in [0.3, 0.4) is 0 Å². The average molecular weight is 1040 g/mol. The van der Waals surface area contributed by atoms with E-state index in [9.17, 15) is 28.8 Å². The monoisotopic (exact) mass is 1040 g/mol. The van der Waals surface area contributed by atoms with Gasteiger partial charge in [0.05, 0.1) is 11.4 Å². The molecule has 3 rings (SSSR count). The molecule has 0 unspecified atom stereocenters. The van der Waals surface area contributed by atoms with E-state index < -0.39 is 11.8 Å². The van der Waals surface area contributed by atoms with Gasteiger partial charge in [-0.15, -0.1) is 0 Å². The summed E-state index contributed by atoms with van der Waals surface area (Å²) in [5.41, 5.74) is 9.39. The summed E-state index contributed by atoms with van der Waals surface area (Å²) in [6.07, 6.45) is 26.4. The number of primary amides is 1. The highest BCUT2D eigenvalue weighted by molar-refractivity contribution is 6.00. The fraction of sp³-hybridized carbons (Fsp3) is 0.583. The van der Waals surface area contributed by atoms with Crippen molar-refractivity contribution < 1.29 is 28.8 Å². The molecule has 0 bridgehead atoms. The van der Waals surface area contributed by atoms with Crippen LogP contribution in [0.2, 0.25) is 0 Å². The number of pyridine rings is 3. The Bertz CT molecular complexity index is 1830. The molecule has 0 atom stereocenters. The molecule has 0 aliphatic rings. The number of allylic oxidation sites excluding steroid dienone is 2. The lowest BCUT2D eigenvalue weighted by atomic mass is 9.98. The Morgan fingerprint density at radius 1 is 0.533 bits per heavy atom. The Kier molecular flexibility index (Phi) is 51.2. The smallest absolute Gasteiger partial charge is 0.235 e. The van der Waals surface area contributed by atoms with Crippen LogP contribution in [0.1, 0.15) is 189 Å². The van der Waals surface area contributed by atoms with Gasteiger partial charge in [0.1, 0.15) is 18.8 Å². The van der Waals surface area contributed by atoms with Gasteiger partial charge in [-0.25, -0.2) is 4.98 Å². The van der Waals surface area contributed by atoms with Gasteiger partial charge in [-0.1, -0.05) is 111 Å². The Morgan fingerprint density at radius 3 is 1.33 bits per heavy atom. The molecule has 3 aromatic rings. The van der Waals surface area contributed by atoms with Crippen LogP contribution >= 0.6 is 0 Å². The molecule has 422 valence electrons. The quantitative estimate of drug-likeness (QED) is 0.0402. The number of unbranched alkanes of at least 4 members (excludes halogenated alkanes) is 4. The van der Waals surface area contributed by atoms with Gasteiger partial charge in [-0.2, -0.15) is 0 Å². The van der Waals surface area contributed by atoms with E-state index in [0.717, 1.165) is 69.2 Å². The molecule has 75 heavy (non-hydrogen) atoms. The predicted octanol–water partition coefficient (Wildman–Crippen LogP) is 10.7. The SMILES string of the molecule is C/C=C/c1cccc(/C=C/C)n1.CCCCC(C(=O)N(CC)CC)C(=O)N(CC)CC.CCCCNC(=O)CC(=O)NCCCC.CCCCNC(=O)CC(N)=O.CCCc1ccccn1.CCCc1ccncc1. The number of amides is 6. The maximum Gasteiger partial charge on any atom is 0.235 e. The molecule has 6 amide bonds. The Labute approximate surface area is 454 Å². The Hall–Kier alpha value is -6.25. The summed E-state index contributed by atoms with van der Waals surface area (Å²) in [6.45, 7) is 29.0. The van der Waals surface area contributed by atoms with E-state index in [-0.39, 0.29) is 42.4 Å². The fourth-order valence-electron chi connectivity index (χ4n) is 6.61. The number of hydrogen-bond donors (Lipinski definition) is 4. The third-order valence-corrected chi connectivity index (χ3v) is 10.8. The van der Waals surface area contributed by atoms with Crippen LogP contribution in [0.25, 0.3) is 12.2 Å². The van der Waals surface area contributed by atoms with Crippen LogP contribution in [0.5, 0.6) is 0 Å². The first-order valence-electron chi connectivity index (χ1n) is 27.8. The molecule has 0 saturated carbocycles. The number of carbonyl (C=O) groups excluding carboxylic acids is 6. The van der Waals surface area contributed by atoms with Gasteiger partial charge < -0.3 is 31.5 Å². The molecule has 15 heteroatoms. The zero-order valence-corrected chi connectivity index (χ0v) is 48.6. The summed E-state index contributed by atoms with van der Waals surface area (Å²) < 4.78 is 0. The van der Waals surface area contributed by atoms with Crippen molar-refractivity contribution in [2.75, 3.05) is 45.8 Å². The first kappa shape index (κ1) is 73.0. The lowest BCUT2D eigenvalue weighted by molar-refractivity contribution is -0.147. The Balaban J connectivity index is -0.000000845. The molecule has 3 heterocycles. The third kappa shape index (κ3) is 42.8. The summed E-state index contributed by atoms with van der Waals surface area (Å²) in [4.78, 5) is 84.2. The van der Waals surface area contributed by atoms with Gasteiger partial charge in [-0.3, -0.25) is 38.7 Å². The Morgan fingerprint density at radius 2 is 0.973 bits per heavy atom. The zero-order valence-electron chi connectivity index (χ0n) is 48.6. The molecule has 0 aliphatic carbocycles. The van der Waals surface area contributed by atoms with Crippen molar-refractivity contribution in [3.63, 3.8) is 0 Å². The second-order valence-corrected chi connectivity index (χ2v) is 17.3. The van der Waals surface area contributed by atoms with Crippen molar-refractivity contribution in [3.8, 4) is 0 Å². The first-order valence-corrected chi connectivity index (χ1v) is 27.8. The minimum Gasteiger partial charge on any atom is -0.369 e. The first-order chi connectivity index (χ1) is 36.2. The van der Waals surface area contributed by atoms with Gasteiger partial charge in [-0.05, 0) is 134 Å². The number of carbonyl (C=O) groups is 6. The maximum atomic E-state index is 12.5. The number of hydrogen-bond acceptors (Lipinski definition) is 9. The molecule has 15 nitrogen and oxygen atoms in total. The molecule has 0 fully saturated rings. The second kappa shape index (κ2) is 52.6. The van der Waals surface area contributed by atoms with E-state index in [2.05, 4.69) is 83.7 Å².